The van der Waals surface area contributed by atoms with Crippen molar-refractivity contribution in [2.24, 2.45) is 5.92 Å². The molecule has 1 atom stereocenters. The molecule has 1 saturated heterocycles. The molecule has 34 heavy (non-hydrogen) atoms. The maximum atomic E-state index is 13.5. The van der Waals surface area contributed by atoms with Gasteiger partial charge in [0.1, 0.15) is 0 Å². The zero-order valence-electron chi connectivity index (χ0n) is 18.8. The number of sulfonamides is 1. The Morgan fingerprint density at radius 1 is 1.09 bits per heavy atom. The first-order valence-corrected chi connectivity index (χ1v) is 12.6. The number of benzene rings is 2. The Morgan fingerprint density at radius 3 is 2.50 bits per heavy atom. The highest BCUT2D eigenvalue weighted by Gasteiger charge is 2.36. The summed E-state index contributed by atoms with van der Waals surface area (Å²) in [4.78, 5) is 37.1. The van der Waals surface area contributed by atoms with Gasteiger partial charge < -0.3 is 10.2 Å². The first-order valence-electron chi connectivity index (χ1n) is 11.1. The highest BCUT2D eigenvalue weighted by molar-refractivity contribution is 7.89. The molecule has 2 aromatic carbocycles. The molecule has 0 radical (unpaired) electrons. The minimum Gasteiger partial charge on any atom is -0.326 e. The topological polar surface area (TPSA) is 130 Å². The molecular formula is C23H26N4O6S. The molecule has 1 unspecified atom stereocenters. The second-order valence-electron chi connectivity index (χ2n) is 8.53. The number of carbonyl (C=O) groups is 2. The summed E-state index contributed by atoms with van der Waals surface area (Å²) < 4.78 is 27.6. The minimum atomic E-state index is -3.89. The van der Waals surface area contributed by atoms with Crippen LogP contribution in [-0.4, -0.2) is 49.1 Å². The molecule has 0 aliphatic carbocycles. The molecule has 2 heterocycles. The number of anilines is 2. The molecular weight excluding hydrogens is 460 g/mol. The fourth-order valence-electron chi connectivity index (χ4n) is 4.63. The van der Waals surface area contributed by atoms with Gasteiger partial charge in [-0.05, 0) is 55.5 Å². The zero-order valence-corrected chi connectivity index (χ0v) is 19.6. The van der Waals surface area contributed by atoms with E-state index in [1.807, 2.05) is 12.1 Å². The van der Waals surface area contributed by atoms with Crippen molar-refractivity contribution in [3.63, 3.8) is 0 Å². The van der Waals surface area contributed by atoms with Gasteiger partial charge >= 0.3 is 0 Å². The van der Waals surface area contributed by atoms with Gasteiger partial charge in [-0.25, -0.2) is 8.42 Å². The summed E-state index contributed by atoms with van der Waals surface area (Å²) in [6.07, 6.45) is 2.59. The molecule has 2 aliphatic rings. The second-order valence-corrected chi connectivity index (χ2v) is 10.5. The maximum Gasteiger partial charge on any atom is 0.269 e. The standard InChI is InChI=1S/C23H26N4O6S/c1-16(28)24-21-7-2-8-22-20(21)6-4-14-26(22)23(29)17-5-3-13-25(15-17)34(32,33)19-11-9-18(10-12-19)27(30)31/h2,7-12,17H,3-6,13-15H2,1H3,(H,24,28). The van der Waals surface area contributed by atoms with Crippen molar-refractivity contribution in [3.8, 4) is 0 Å². The van der Waals surface area contributed by atoms with Crippen molar-refractivity contribution in [1.82, 2.24) is 4.31 Å². The van der Waals surface area contributed by atoms with Gasteiger partial charge in [-0.1, -0.05) is 6.07 Å². The number of nitrogens with one attached hydrogen (secondary N) is 1. The monoisotopic (exact) mass is 486 g/mol. The van der Waals surface area contributed by atoms with E-state index in [4.69, 9.17) is 0 Å². The molecule has 1 N–H and O–H groups in total. The second kappa shape index (κ2) is 9.51. The van der Waals surface area contributed by atoms with Crippen molar-refractivity contribution < 1.29 is 22.9 Å². The van der Waals surface area contributed by atoms with Crippen LogP contribution in [0.4, 0.5) is 17.1 Å². The Kier molecular flexibility index (Phi) is 6.67. The summed E-state index contributed by atoms with van der Waals surface area (Å²) in [5.74, 6) is -0.822. The van der Waals surface area contributed by atoms with Crippen molar-refractivity contribution in [1.29, 1.82) is 0 Å². The summed E-state index contributed by atoms with van der Waals surface area (Å²) in [5.41, 5.74) is 2.16. The lowest BCUT2D eigenvalue weighted by molar-refractivity contribution is -0.384. The average Bonchev–Trinajstić information content (AvgIpc) is 2.83. The third-order valence-electron chi connectivity index (χ3n) is 6.25. The molecule has 0 saturated carbocycles. The summed E-state index contributed by atoms with van der Waals surface area (Å²) in [6, 6.07) is 10.2. The predicted molar refractivity (Wildman–Crippen MR) is 126 cm³/mol. The van der Waals surface area contributed by atoms with E-state index in [1.54, 1.807) is 11.0 Å². The third kappa shape index (κ3) is 4.66. The summed E-state index contributed by atoms with van der Waals surface area (Å²) in [5, 5.41) is 13.7. The predicted octanol–water partition coefficient (Wildman–Crippen LogP) is 2.93. The Bertz CT molecular complexity index is 1230. The normalized spacial score (nSPS) is 18.7. The summed E-state index contributed by atoms with van der Waals surface area (Å²) >= 11 is 0. The molecule has 0 bridgehead atoms. The number of non-ortho nitro benzene ring substituents is 1. The Labute approximate surface area is 197 Å². The van der Waals surface area contributed by atoms with Crippen LogP contribution in [0.2, 0.25) is 0 Å². The lowest BCUT2D eigenvalue weighted by atomic mass is 9.94. The number of nitro benzene ring substituents is 1. The van der Waals surface area contributed by atoms with Crippen molar-refractivity contribution in [2.45, 2.75) is 37.5 Å². The third-order valence-corrected chi connectivity index (χ3v) is 8.13. The molecule has 0 spiro atoms. The number of carbonyl (C=O) groups excluding carboxylic acids is 2. The molecule has 2 aromatic rings. The first kappa shape index (κ1) is 23.8. The van der Waals surface area contributed by atoms with E-state index in [0.29, 0.717) is 25.1 Å². The molecule has 2 aliphatic heterocycles. The van der Waals surface area contributed by atoms with Gasteiger partial charge in [-0.15, -0.1) is 0 Å². The van der Waals surface area contributed by atoms with E-state index in [0.717, 1.165) is 36.2 Å². The number of nitrogens with zero attached hydrogens (tertiary/aromatic N) is 3. The quantitative estimate of drug-likeness (QED) is 0.511. The van der Waals surface area contributed by atoms with Crippen LogP contribution in [0.1, 0.15) is 31.7 Å². The van der Waals surface area contributed by atoms with Crippen LogP contribution in [0.5, 0.6) is 0 Å². The summed E-state index contributed by atoms with van der Waals surface area (Å²) in [7, 11) is -3.89. The summed E-state index contributed by atoms with van der Waals surface area (Å²) in [6.45, 7) is 2.30. The van der Waals surface area contributed by atoms with Crippen LogP contribution in [0.25, 0.3) is 0 Å². The van der Waals surface area contributed by atoms with Crippen molar-refractivity contribution in [2.75, 3.05) is 29.9 Å². The largest absolute Gasteiger partial charge is 0.326 e. The van der Waals surface area contributed by atoms with Gasteiger partial charge in [0.25, 0.3) is 5.69 Å². The fourth-order valence-corrected chi connectivity index (χ4v) is 6.16. The average molecular weight is 487 g/mol. The molecule has 4 rings (SSSR count). The van der Waals surface area contributed by atoms with Crippen molar-refractivity contribution >= 4 is 38.9 Å². The smallest absolute Gasteiger partial charge is 0.269 e. The Morgan fingerprint density at radius 2 is 1.82 bits per heavy atom. The molecule has 1 fully saturated rings. The molecule has 10 nitrogen and oxygen atoms in total. The number of piperidine rings is 1. The Balaban J connectivity index is 1.55. The van der Waals surface area contributed by atoms with Crippen LogP contribution in [0.3, 0.4) is 0 Å². The van der Waals surface area contributed by atoms with E-state index >= 15 is 0 Å². The number of rotatable bonds is 5. The van der Waals surface area contributed by atoms with E-state index in [1.165, 1.54) is 23.4 Å². The van der Waals surface area contributed by atoms with E-state index < -0.39 is 20.9 Å². The first-order chi connectivity index (χ1) is 16.2. The van der Waals surface area contributed by atoms with Gasteiger partial charge in [0.15, 0.2) is 0 Å². The van der Waals surface area contributed by atoms with Gasteiger partial charge in [0.05, 0.1) is 15.7 Å². The molecule has 0 aromatic heterocycles. The van der Waals surface area contributed by atoms with Crippen molar-refractivity contribution in [3.05, 3.63) is 58.1 Å². The van der Waals surface area contributed by atoms with Gasteiger partial charge in [0.2, 0.25) is 21.8 Å². The fraction of sp³-hybridized carbons (Fsp3) is 0.391. The number of hydrogen-bond acceptors (Lipinski definition) is 6. The lowest BCUT2D eigenvalue weighted by Gasteiger charge is -2.37. The van der Waals surface area contributed by atoms with Gasteiger partial charge in [-0.3, -0.25) is 19.7 Å². The number of fused-ring (bicyclic) bond motifs is 1. The molecule has 11 heteroatoms. The van der Waals surface area contributed by atoms with Crippen LogP contribution in [0.15, 0.2) is 47.4 Å². The van der Waals surface area contributed by atoms with E-state index in [9.17, 15) is 28.1 Å². The highest BCUT2D eigenvalue weighted by atomic mass is 32.2. The number of nitro groups is 1. The SMILES string of the molecule is CC(=O)Nc1cccc2c1CCCN2C(=O)C1CCCN(S(=O)(=O)c2ccc([N+](=O)[O-])cc2)C1. The Hall–Kier alpha value is -3.31. The highest BCUT2D eigenvalue weighted by Crippen LogP contribution is 2.35. The van der Waals surface area contributed by atoms with Crippen LogP contribution < -0.4 is 10.2 Å². The van der Waals surface area contributed by atoms with Crippen LogP contribution in [-0.2, 0) is 26.0 Å². The van der Waals surface area contributed by atoms with Crippen LogP contribution in [0, 0.1) is 16.0 Å². The lowest BCUT2D eigenvalue weighted by Crippen LogP contribution is -2.48. The molecule has 180 valence electrons. The van der Waals surface area contributed by atoms with E-state index in [-0.39, 0.29) is 35.5 Å². The number of amides is 2. The number of hydrogen-bond donors (Lipinski definition) is 1. The zero-order chi connectivity index (χ0) is 24.5. The van der Waals surface area contributed by atoms with Crippen LogP contribution >= 0.6 is 0 Å². The minimum absolute atomic E-state index is 0.0329. The maximum absolute atomic E-state index is 13.5. The molecule has 2 amide bonds. The van der Waals surface area contributed by atoms with Gasteiger partial charge in [0, 0.05) is 50.1 Å². The van der Waals surface area contributed by atoms with Gasteiger partial charge in [-0.2, -0.15) is 4.31 Å². The van der Waals surface area contributed by atoms with E-state index in [2.05, 4.69) is 5.32 Å².